The summed E-state index contributed by atoms with van der Waals surface area (Å²) < 4.78 is 39.5. The lowest BCUT2D eigenvalue weighted by molar-refractivity contribution is -0.109. The average molecular weight is 384 g/mol. The molecule has 2 saturated heterocycles. The fourth-order valence-electron chi connectivity index (χ4n) is 5.75. The van der Waals surface area contributed by atoms with Crippen LogP contribution in [0.4, 0.5) is 13.2 Å². The molecule has 0 spiro atoms. The van der Waals surface area contributed by atoms with Crippen LogP contribution >= 0.6 is 0 Å². The largest absolute Gasteiger partial charge is 0.431 e. The Balaban J connectivity index is 1.44. The van der Waals surface area contributed by atoms with Crippen LogP contribution in [0.5, 0.6) is 0 Å². The Morgan fingerprint density at radius 3 is 2.48 bits per heavy atom. The smallest absolute Gasteiger partial charge is 0.373 e. The number of nitrogens with one attached hydrogen (secondary N) is 1. The fraction of sp³-hybridized carbons (Fsp3) is 0.810. The average Bonchev–Trinajstić information content (AvgIpc) is 3.06. The maximum Gasteiger partial charge on any atom is 0.431 e. The molecule has 27 heavy (non-hydrogen) atoms. The number of alkyl halides is 3. The summed E-state index contributed by atoms with van der Waals surface area (Å²) in [6.07, 6.45) is 6.23. The van der Waals surface area contributed by atoms with Crippen LogP contribution < -0.4 is 5.32 Å². The van der Waals surface area contributed by atoms with E-state index in [1.165, 1.54) is 49.5 Å². The zero-order chi connectivity index (χ0) is 19.2. The van der Waals surface area contributed by atoms with Gasteiger partial charge >= 0.3 is 6.18 Å². The lowest BCUT2D eigenvalue weighted by Crippen LogP contribution is -2.47. The first-order valence-electron chi connectivity index (χ1n) is 10.5. The minimum Gasteiger partial charge on any atom is -0.373 e. The van der Waals surface area contributed by atoms with E-state index in [1.54, 1.807) is 7.05 Å². The van der Waals surface area contributed by atoms with Gasteiger partial charge in [0, 0.05) is 37.9 Å². The molecular formula is C21H32F3N3. The monoisotopic (exact) mass is 383 g/mol. The standard InChI is InChI=1S/C21H32F3N3/c1-14-10-20(21(22,23)24)26(2)13-19(14)27-9-8-17-16(12-27)11-18(25-17)15-6-4-3-5-7-15/h10,15-18,25H,3-9,11-13H2,1-2H3. The van der Waals surface area contributed by atoms with E-state index in [9.17, 15) is 13.2 Å². The third-order valence-electron chi connectivity index (χ3n) is 7.22. The highest BCUT2D eigenvalue weighted by Crippen LogP contribution is 2.39. The number of likely N-dealkylation sites (N-methyl/N-ethyl adjacent to an activating group) is 1. The summed E-state index contributed by atoms with van der Waals surface area (Å²) in [5.41, 5.74) is 1.32. The number of hydrogen-bond donors (Lipinski definition) is 1. The Hall–Kier alpha value is -1.17. The van der Waals surface area contributed by atoms with E-state index in [0.717, 1.165) is 36.7 Å². The zero-order valence-corrected chi connectivity index (χ0v) is 16.5. The molecule has 0 bridgehead atoms. The number of nitrogens with zero attached hydrogens (tertiary/aromatic N) is 2. The number of rotatable bonds is 2. The third kappa shape index (κ3) is 3.87. The summed E-state index contributed by atoms with van der Waals surface area (Å²) >= 11 is 0. The minimum atomic E-state index is -4.28. The molecule has 152 valence electrons. The molecule has 1 N–H and O–H groups in total. The van der Waals surface area contributed by atoms with Crippen LogP contribution in [-0.2, 0) is 0 Å². The van der Waals surface area contributed by atoms with Gasteiger partial charge < -0.3 is 15.1 Å². The summed E-state index contributed by atoms with van der Waals surface area (Å²) in [7, 11) is 1.55. The summed E-state index contributed by atoms with van der Waals surface area (Å²) in [6.45, 7) is 4.11. The van der Waals surface area contributed by atoms with Crippen molar-refractivity contribution >= 4 is 0 Å². The van der Waals surface area contributed by atoms with Gasteiger partial charge in [-0.15, -0.1) is 0 Å². The van der Waals surface area contributed by atoms with Gasteiger partial charge in [0.2, 0.25) is 0 Å². The van der Waals surface area contributed by atoms with Crippen molar-refractivity contribution in [1.29, 1.82) is 0 Å². The lowest BCUT2D eigenvalue weighted by atomic mass is 9.82. The topological polar surface area (TPSA) is 18.5 Å². The van der Waals surface area contributed by atoms with Crippen LogP contribution in [-0.4, -0.2) is 54.7 Å². The third-order valence-corrected chi connectivity index (χ3v) is 7.22. The molecule has 3 atom stereocenters. The molecule has 0 aromatic heterocycles. The second kappa shape index (κ2) is 7.34. The Morgan fingerprint density at radius 2 is 1.78 bits per heavy atom. The first-order chi connectivity index (χ1) is 12.8. The van der Waals surface area contributed by atoms with Crippen molar-refractivity contribution < 1.29 is 13.2 Å². The lowest BCUT2D eigenvalue weighted by Gasteiger charge is -2.41. The molecular weight excluding hydrogens is 351 g/mol. The number of likely N-dealkylation sites (tertiary alicyclic amines) is 1. The van der Waals surface area contributed by atoms with Crippen LogP contribution in [0.15, 0.2) is 23.0 Å². The molecule has 6 heteroatoms. The maximum atomic E-state index is 13.2. The molecule has 0 aromatic carbocycles. The van der Waals surface area contributed by atoms with Crippen molar-refractivity contribution in [2.45, 2.75) is 70.1 Å². The van der Waals surface area contributed by atoms with Crippen molar-refractivity contribution in [3.05, 3.63) is 23.0 Å². The highest BCUT2D eigenvalue weighted by molar-refractivity contribution is 5.34. The fourth-order valence-corrected chi connectivity index (χ4v) is 5.75. The number of allylic oxidation sites excluding steroid dienone is 3. The van der Waals surface area contributed by atoms with Crippen LogP contribution in [0, 0.1) is 11.8 Å². The molecule has 1 saturated carbocycles. The van der Waals surface area contributed by atoms with E-state index in [0.29, 0.717) is 24.5 Å². The predicted molar refractivity (Wildman–Crippen MR) is 101 cm³/mol. The van der Waals surface area contributed by atoms with Crippen LogP contribution in [0.25, 0.3) is 0 Å². The molecule has 3 fully saturated rings. The first-order valence-corrected chi connectivity index (χ1v) is 10.5. The van der Waals surface area contributed by atoms with Crippen LogP contribution in [0.3, 0.4) is 0 Å². The minimum absolute atomic E-state index is 0.355. The normalized spacial score (nSPS) is 33.4. The van der Waals surface area contributed by atoms with E-state index < -0.39 is 11.9 Å². The summed E-state index contributed by atoms with van der Waals surface area (Å²) in [4.78, 5) is 3.72. The summed E-state index contributed by atoms with van der Waals surface area (Å²) in [6, 6.07) is 1.25. The number of halogens is 3. The van der Waals surface area contributed by atoms with Gasteiger partial charge in [0.05, 0.1) is 6.54 Å². The van der Waals surface area contributed by atoms with E-state index in [-0.39, 0.29) is 0 Å². The number of fused-ring (bicyclic) bond motifs is 1. The molecule has 3 nitrogen and oxygen atoms in total. The van der Waals surface area contributed by atoms with Gasteiger partial charge in [-0.3, -0.25) is 0 Å². The van der Waals surface area contributed by atoms with Gasteiger partial charge in [-0.1, -0.05) is 19.3 Å². The molecule has 0 radical (unpaired) electrons. The molecule has 3 unspecified atom stereocenters. The second-order valence-corrected chi connectivity index (χ2v) is 9.02. The highest BCUT2D eigenvalue weighted by atomic mass is 19.4. The Labute approximate surface area is 160 Å². The molecule has 1 aliphatic carbocycles. The number of hydrogen-bond acceptors (Lipinski definition) is 3. The van der Waals surface area contributed by atoms with E-state index in [2.05, 4.69) is 10.2 Å². The van der Waals surface area contributed by atoms with Crippen molar-refractivity contribution in [2.75, 3.05) is 26.7 Å². The molecule has 3 heterocycles. The van der Waals surface area contributed by atoms with Gasteiger partial charge in [0.25, 0.3) is 0 Å². The zero-order valence-electron chi connectivity index (χ0n) is 16.5. The highest BCUT2D eigenvalue weighted by Gasteiger charge is 2.43. The van der Waals surface area contributed by atoms with E-state index in [1.807, 2.05) is 6.92 Å². The maximum absolute atomic E-state index is 13.2. The van der Waals surface area contributed by atoms with Gasteiger partial charge in [-0.25, -0.2) is 0 Å². The Morgan fingerprint density at radius 1 is 1.04 bits per heavy atom. The first kappa shape index (κ1) is 19.2. The second-order valence-electron chi connectivity index (χ2n) is 9.02. The predicted octanol–water partition coefficient (Wildman–Crippen LogP) is 4.28. The molecule has 4 rings (SSSR count). The number of piperidine rings is 1. The van der Waals surface area contributed by atoms with Crippen molar-refractivity contribution in [2.24, 2.45) is 11.8 Å². The van der Waals surface area contributed by atoms with Crippen molar-refractivity contribution in [3.63, 3.8) is 0 Å². The van der Waals surface area contributed by atoms with Crippen molar-refractivity contribution in [3.8, 4) is 0 Å². The quantitative estimate of drug-likeness (QED) is 0.768. The van der Waals surface area contributed by atoms with Crippen molar-refractivity contribution in [1.82, 2.24) is 15.1 Å². The Bertz CT molecular complexity index is 619. The SMILES string of the molecule is CC1=C(N2CCC3NC(C4CCCCC4)CC3C2)CN(C)C(C(F)(F)F)=C1. The molecule has 4 aliphatic rings. The summed E-state index contributed by atoms with van der Waals surface area (Å²) in [5.74, 6) is 1.46. The van der Waals surface area contributed by atoms with Crippen LogP contribution in [0.1, 0.15) is 51.9 Å². The molecule has 0 amide bonds. The van der Waals surface area contributed by atoms with Gasteiger partial charge in [-0.2, -0.15) is 13.2 Å². The van der Waals surface area contributed by atoms with Gasteiger partial charge in [0.15, 0.2) is 0 Å². The summed E-state index contributed by atoms with van der Waals surface area (Å²) in [5, 5.41) is 3.92. The molecule has 0 aromatic rings. The van der Waals surface area contributed by atoms with Gasteiger partial charge in [-0.05, 0) is 56.1 Å². The Kier molecular flexibility index (Phi) is 5.21. The van der Waals surface area contributed by atoms with E-state index in [4.69, 9.17) is 0 Å². The van der Waals surface area contributed by atoms with Gasteiger partial charge in [0.1, 0.15) is 5.70 Å². The molecule has 3 aliphatic heterocycles. The van der Waals surface area contributed by atoms with E-state index >= 15 is 0 Å². The van der Waals surface area contributed by atoms with Crippen LogP contribution in [0.2, 0.25) is 0 Å².